The maximum atomic E-state index is 13.3. The molecule has 1 unspecified atom stereocenters. The Labute approximate surface area is 209 Å². The molecule has 3 aromatic heterocycles. The van der Waals surface area contributed by atoms with Gasteiger partial charge >= 0.3 is 0 Å². The first kappa shape index (κ1) is 24.7. The standard InChI is InChI=1S/C20H24ClF2N7O3S2/c1-20(3-4-20)28-35(31,32)12-7-13(29-6-5-24-11(8-29)10-33-2)14-15(21)25-17(30(14)9-12)19-27-26-18(34-19)16(22)23/h7,9,11,16,24,28H,3-6,8,10H2,1-2H3. The molecule has 2 aliphatic rings. The van der Waals surface area contributed by atoms with Crippen molar-refractivity contribution in [1.82, 2.24) is 29.6 Å². The third-order valence-corrected chi connectivity index (χ3v) is 8.92. The molecule has 2 fully saturated rings. The highest BCUT2D eigenvalue weighted by Gasteiger charge is 2.41. The van der Waals surface area contributed by atoms with Crippen LogP contribution in [0.15, 0.2) is 17.2 Å². The predicted molar refractivity (Wildman–Crippen MR) is 128 cm³/mol. The molecule has 1 aliphatic carbocycles. The summed E-state index contributed by atoms with van der Waals surface area (Å²) in [6.45, 7) is 4.12. The summed E-state index contributed by atoms with van der Waals surface area (Å²) in [5.41, 5.74) is 0.553. The van der Waals surface area contributed by atoms with Gasteiger partial charge in [0.2, 0.25) is 10.0 Å². The third kappa shape index (κ3) is 4.87. The Balaban J connectivity index is 1.67. The van der Waals surface area contributed by atoms with Crippen molar-refractivity contribution in [3.05, 3.63) is 22.4 Å². The summed E-state index contributed by atoms with van der Waals surface area (Å²) in [6.07, 6.45) is 0.123. The second-order valence-corrected chi connectivity index (χ2v) is 12.0. The fourth-order valence-electron chi connectivity index (χ4n) is 4.11. The number of hydrogen-bond donors (Lipinski definition) is 2. The molecule has 4 heterocycles. The van der Waals surface area contributed by atoms with E-state index in [4.69, 9.17) is 16.3 Å². The number of alkyl halides is 2. The zero-order chi connectivity index (χ0) is 25.0. The van der Waals surface area contributed by atoms with Crippen LogP contribution in [0.4, 0.5) is 14.5 Å². The molecule has 15 heteroatoms. The summed E-state index contributed by atoms with van der Waals surface area (Å²) < 4.78 is 62.5. The van der Waals surface area contributed by atoms with E-state index in [1.54, 1.807) is 13.2 Å². The summed E-state index contributed by atoms with van der Waals surface area (Å²) in [5, 5.41) is 10.5. The maximum Gasteiger partial charge on any atom is 0.291 e. The number of sulfonamides is 1. The fourth-order valence-corrected chi connectivity index (χ4v) is 6.54. The van der Waals surface area contributed by atoms with E-state index in [9.17, 15) is 17.2 Å². The van der Waals surface area contributed by atoms with Crippen LogP contribution in [0.25, 0.3) is 16.3 Å². The van der Waals surface area contributed by atoms with Crippen LogP contribution in [0.1, 0.15) is 31.2 Å². The van der Waals surface area contributed by atoms with E-state index in [1.165, 1.54) is 10.6 Å². The van der Waals surface area contributed by atoms with Crippen molar-refractivity contribution >= 4 is 44.2 Å². The molecule has 35 heavy (non-hydrogen) atoms. The van der Waals surface area contributed by atoms with Gasteiger partial charge < -0.3 is 15.0 Å². The quantitative estimate of drug-likeness (QED) is 0.442. The minimum Gasteiger partial charge on any atom is -0.383 e. The topological polar surface area (TPSA) is 114 Å². The average molecular weight is 548 g/mol. The Bertz CT molecular complexity index is 1360. The number of methoxy groups -OCH3 is 1. The van der Waals surface area contributed by atoms with E-state index in [0.717, 1.165) is 12.8 Å². The highest BCUT2D eigenvalue weighted by atomic mass is 35.5. The number of ether oxygens (including phenoxy) is 1. The molecule has 0 spiro atoms. The second-order valence-electron chi connectivity index (χ2n) is 8.97. The number of nitrogens with zero attached hydrogens (tertiary/aromatic N) is 5. The van der Waals surface area contributed by atoms with Crippen LogP contribution in [0.3, 0.4) is 0 Å². The number of piperazine rings is 1. The molecule has 0 amide bonds. The number of aromatic nitrogens is 4. The van der Waals surface area contributed by atoms with Gasteiger partial charge in [0, 0.05) is 44.5 Å². The lowest BCUT2D eigenvalue weighted by Gasteiger charge is -2.35. The first-order valence-electron chi connectivity index (χ1n) is 10.9. The lowest BCUT2D eigenvalue weighted by atomic mass is 10.2. The monoisotopic (exact) mass is 547 g/mol. The first-order valence-corrected chi connectivity index (χ1v) is 13.6. The van der Waals surface area contributed by atoms with E-state index in [1.807, 2.05) is 11.8 Å². The van der Waals surface area contributed by atoms with Crippen LogP contribution in [-0.2, 0) is 14.8 Å². The maximum absolute atomic E-state index is 13.3. The fraction of sp³-hybridized carbons (Fsp3) is 0.550. The first-order chi connectivity index (χ1) is 16.6. The number of nitrogens with one attached hydrogen (secondary N) is 2. The van der Waals surface area contributed by atoms with Gasteiger partial charge in [0.25, 0.3) is 6.43 Å². The number of imidazole rings is 1. The van der Waals surface area contributed by atoms with Gasteiger partial charge in [-0.1, -0.05) is 22.9 Å². The molecular formula is C20H24ClF2N7O3S2. The van der Waals surface area contributed by atoms with Crippen LogP contribution in [-0.4, -0.2) is 72.9 Å². The molecule has 1 atom stereocenters. The predicted octanol–water partition coefficient (Wildman–Crippen LogP) is 2.70. The Morgan fingerprint density at radius 2 is 2.17 bits per heavy atom. The molecule has 5 rings (SSSR count). The van der Waals surface area contributed by atoms with Gasteiger partial charge in [0.05, 0.1) is 12.3 Å². The van der Waals surface area contributed by atoms with Crippen LogP contribution in [0.2, 0.25) is 5.15 Å². The summed E-state index contributed by atoms with van der Waals surface area (Å²) >= 11 is 7.23. The number of anilines is 1. The highest BCUT2D eigenvalue weighted by molar-refractivity contribution is 7.89. The van der Waals surface area contributed by atoms with Gasteiger partial charge in [-0.3, -0.25) is 4.40 Å². The van der Waals surface area contributed by atoms with E-state index in [-0.39, 0.29) is 26.9 Å². The van der Waals surface area contributed by atoms with Crippen LogP contribution in [0, 0.1) is 0 Å². The van der Waals surface area contributed by atoms with Crippen molar-refractivity contribution in [3.63, 3.8) is 0 Å². The molecule has 2 N–H and O–H groups in total. The smallest absolute Gasteiger partial charge is 0.291 e. The minimum atomic E-state index is -3.89. The Kier molecular flexibility index (Phi) is 6.47. The average Bonchev–Trinajstić information content (AvgIpc) is 3.20. The van der Waals surface area contributed by atoms with Crippen molar-refractivity contribution < 1.29 is 21.9 Å². The van der Waals surface area contributed by atoms with Crippen molar-refractivity contribution in [2.75, 3.05) is 38.3 Å². The molecule has 1 saturated carbocycles. The molecule has 0 bridgehead atoms. The Morgan fingerprint density at radius 3 is 2.83 bits per heavy atom. The van der Waals surface area contributed by atoms with Gasteiger partial charge in [-0.2, -0.15) is 0 Å². The number of pyridine rings is 1. The SMILES string of the molecule is COCC1CN(c2cc(S(=O)(=O)NC3(C)CC3)cn3c(-c4nnc(C(F)F)s4)nc(Cl)c23)CCN1. The number of rotatable bonds is 8. The lowest BCUT2D eigenvalue weighted by molar-refractivity contribution is 0.150. The van der Waals surface area contributed by atoms with Crippen molar-refractivity contribution in [2.45, 2.75) is 42.7 Å². The molecule has 1 saturated heterocycles. The second kappa shape index (κ2) is 9.16. The number of halogens is 3. The lowest BCUT2D eigenvalue weighted by Crippen LogP contribution is -2.52. The Hall–Kier alpha value is -1.97. The van der Waals surface area contributed by atoms with Crippen LogP contribution >= 0.6 is 22.9 Å². The van der Waals surface area contributed by atoms with Gasteiger partial charge in [0.15, 0.2) is 21.0 Å². The van der Waals surface area contributed by atoms with Gasteiger partial charge in [-0.15, -0.1) is 10.2 Å². The molecule has 0 radical (unpaired) electrons. The van der Waals surface area contributed by atoms with E-state index < -0.39 is 27.0 Å². The Morgan fingerprint density at radius 1 is 1.40 bits per heavy atom. The van der Waals surface area contributed by atoms with Gasteiger partial charge in [-0.05, 0) is 25.8 Å². The van der Waals surface area contributed by atoms with Crippen molar-refractivity contribution in [2.24, 2.45) is 0 Å². The van der Waals surface area contributed by atoms with Crippen molar-refractivity contribution in [3.8, 4) is 10.8 Å². The van der Waals surface area contributed by atoms with Gasteiger partial charge in [0.1, 0.15) is 10.4 Å². The van der Waals surface area contributed by atoms with Gasteiger partial charge in [-0.25, -0.2) is 26.9 Å². The van der Waals surface area contributed by atoms with Crippen molar-refractivity contribution in [1.29, 1.82) is 0 Å². The third-order valence-electron chi connectivity index (χ3n) is 6.12. The molecule has 10 nitrogen and oxygen atoms in total. The number of fused-ring (bicyclic) bond motifs is 1. The number of hydrogen-bond acceptors (Lipinski definition) is 9. The van der Waals surface area contributed by atoms with Crippen LogP contribution in [0.5, 0.6) is 0 Å². The van der Waals surface area contributed by atoms with E-state index >= 15 is 0 Å². The molecule has 0 aromatic carbocycles. The molecule has 3 aromatic rings. The van der Waals surface area contributed by atoms with Crippen LogP contribution < -0.4 is 14.9 Å². The summed E-state index contributed by atoms with van der Waals surface area (Å²) in [7, 11) is -2.27. The summed E-state index contributed by atoms with van der Waals surface area (Å²) in [5.74, 6) is 0.147. The zero-order valence-corrected chi connectivity index (χ0v) is 21.4. The molecule has 190 valence electrons. The zero-order valence-electron chi connectivity index (χ0n) is 19.0. The van der Waals surface area contributed by atoms with E-state index in [0.29, 0.717) is 48.8 Å². The molecular weight excluding hydrogens is 524 g/mol. The largest absolute Gasteiger partial charge is 0.383 e. The van der Waals surface area contributed by atoms with E-state index in [2.05, 4.69) is 25.2 Å². The minimum absolute atomic E-state index is 0.0175. The normalized spacial score (nSPS) is 20.2. The highest BCUT2D eigenvalue weighted by Crippen LogP contribution is 2.39. The summed E-state index contributed by atoms with van der Waals surface area (Å²) in [4.78, 5) is 6.40. The summed E-state index contributed by atoms with van der Waals surface area (Å²) in [6, 6.07) is 1.61. The molecule has 1 aliphatic heterocycles.